The molecule has 4 heteroatoms. The maximum absolute atomic E-state index is 14.0. The maximum Gasteiger partial charge on any atom is 0.133 e. The number of fused-ring (bicyclic) bond motifs is 1. The van der Waals surface area contributed by atoms with E-state index in [-0.39, 0.29) is 5.41 Å². The Kier molecular flexibility index (Phi) is 2.36. The van der Waals surface area contributed by atoms with Crippen LogP contribution in [0.2, 0.25) is 0 Å². The van der Waals surface area contributed by atoms with Gasteiger partial charge in [-0.3, -0.25) is 0 Å². The van der Waals surface area contributed by atoms with Crippen LogP contribution in [0.4, 0.5) is 8.78 Å². The third-order valence-corrected chi connectivity index (χ3v) is 3.87. The van der Waals surface area contributed by atoms with Crippen LogP contribution in [0.15, 0.2) is 6.07 Å². The van der Waals surface area contributed by atoms with E-state index in [2.05, 4.69) is 0 Å². The fourth-order valence-corrected chi connectivity index (χ4v) is 2.65. The SMILES string of the molecule is NCC1(c2c(F)cc(F)c3c2OCCC3)CC1. The van der Waals surface area contributed by atoms with Crippen LogP contribution in [0.5, 0.6) is 5.75 Å². The predicted octanol–water partition coefficient (Wildman–Crippen LogP) is 2.28. The number of ether oxygens (including phenoxy) is 1. The Morgan fingerprint density at radius 3 is 2.71 bits per heavy atom. The molecule has 1 aliphatic carbocycles. The van der Waals surface area contributed by atoms with Gasteiger partial charge in [-0.25, -0.2) is 8.78 Å². The first kappa shape index (κ1) is 11.0. The summed E-state index contributed by atoms with van der Waals surface area (Å²) in [5.74, 6) is -0.573. The van der Waals surface area contributed by atoms with Crippen molar-refractivity contribution >= 4 is 0 Å². The minimum absolute atomic E-state index is 0.306. The van der Waals surface area contributed by atoms with Crippen LogP contribution in [0.3, 0.4) is 0 Å². The highest BCUT2D eigenvalue weighted by atomic mass is 19.1. The third-order valence-electron chi connectivity index (χ3n) is 3.87. The number of hydrogen-bond donors (Lipinski definition) is 1. The lowest BCUT2D eigenvalue weighted by Crippen LogP contribution is -2.24. The first-order valence-electron chi connectivity index (χ1n) is 6.02. The summed E-state index contributed by atoms with van der Waals surface area (Å²) in [6, 6.07) is 0.985. The van der Waals surface area contributed by atoms with Crippen molar-refractivity contribution in [3.63, 3.8) is 0 Å². The summed E-state index contributed by atoms with van der Waals surface area (Å²) < 4.78 is 33.2. The number of benzene rings is 1. The molecule has 0 unspecified atom stereocenters. The van der Waals surface area contributed by atoms with E-state index in [0.29, 0.717) is 36.4 Å². The van der Waals surface area contributed by atoms with E-state index >= 15 is 0 Å². The van der Waals surface area contributed by atoms with Crippen LogP contribution in [0.1, 0.15) is 30.4 Å². The molecular formula is C13H15F2NO. The molecule has 0 spiro atoms. The van der Waals surface area contributed by atoms with Gasteiger partial charge in [0.25, 0.3) is 0 Å². The number of nitrogens with two attached hydrogens (primary N) is 1. The van der Waals surface area contributed by atoms with Crippen molar-refractivity contribution in [1.29, 1.82) is 0 Å². The van der Waals surface area contributed by atoms with Crippen molar-refractivity contribution in [2.24, 2.45) is 5.73 Å². The van der Waals surface area contributed by atoms with Crippen molar-refractivity contribution in [2.45, 2.75) is 31.1 Å². The molecule has 0 amide bonds. The smallest absolute Gasteiger partial charge is 0.133 e. The van der Waals surface area contributed by atoms with Gasteiger partial charge in [0, 0.05) is 29.2 Å². The first-order chi connectivity index (χ1) is 8.18. The summed E-state index contributed by atoms with van der Waals surface area (Å²) in [6.45, 7) is 0.925. The van der Waals surface area contributed by atoms with E-state index in [1.54, 1.807) is 0 Å². The standard InChI is InChI=1S/C13H15F2NO/c14-9-6-10(15)11(13(7-16)3-4-13)12-8(9)2-1-5-17-12/h6H,1-5,7,16H2. The van der Waals surface area contributed by atoms with Gasteiger partial charge >= 0.3 is 0 Å². The number of rotatable bonds is 2. The van der Waals surface area contributed by atoms with E-state index in [0.717, 1.165) is 25.3 Å². The Hall–Kier alpha value is -1.16. The molecule has 92 valence electrons. The molecule has 0 bridgehead atoms. The normalized spacial score (nSPS) is 20.6. The molecule has 2 aliphatic rings. The van der Waals surface area contributed by atoms with Crippen LogP contribution in [0, 0.1) is 11.6 Å². The van der Waals surface area contributed by atoms with Crippen molar-refractivity contribution in [1.82, 2.24) is 0 Å². The van der Waals surface area contributed by atoms with Crippen LogP contribution in [-0.2, 0) is 11.8 Å². The lowest BCUT2D eigenvalue weighted by Gasteiger charge is -2.25. The van der Waals surface area contributed by atoms with Crippen molar-refractivity contribution < 1.29 is 13.5 Å². The van der Waals surface area contributed by atoms with Crippen LogP contribution in [-0.4, -0.2) is 13.2 Å². The summed E-state index contributed by atoms with van der Waals surface area (Å²) in [5.41, 5.74) is 6.45. The van der Waals surface area contributed by atoms with Gasteiger partial charge in [0.15, 0.2) is 0 Å². The molecule has 2 nitrogen and oxygen atoms in total. The highest BCUT2D eigenvalue weighted by molar-refractivity contribution is 5.51. The molecule has 2 N–H and O–H groups in total. The molecule has 3 rings (SSSR count). The molecule has 1 aromatic carbocycles. The zero-order valence-electron chi connectivity index (χ0n) is 9.56. The van der Waals surface area contributed by atoms with Crippen molar-refractivity contribution in [3.8, 4) is 5.75 Å². The molecule has 0 radical (unpaired) electrons. The van der Waals surface area contributed by atoms with E-state index in [4.69, 9.17) is 10.5 Å². The van der Waals surface area contributed by atoms with Crippen LogP contribution < -0.4 is 10.5 Å². The van der Waals surface area contributed by atoms with E-state index in [1.165, 1.54) is 0 Å². The molecule has 1 aromatic rings. The summed E-state index contributed by atoms with van der Waals surface area (Å²) >= 11 is 0. The van der Waals surface area contributed by atoms with Crippen molar-refractivity contribution in [2.75, 3.05) is 13.2 Å². The minimum atomic E-state index is -0.508. The Bertz CT molecular complexity index is 469. The monoisotopic (exact) mass is 239 g/mol. The van der Waals surface area contributed by atoms with E-state index in [1.807, 2.05) is 0 Å². The summed E-state index contributed by atoms with van der Waals surface area (Å²) in [6.07, 6.45) is 3.13. The van der Waals surface area contributed by atoms with Crippen LogP contribution >= 0.6 is 0 Å². The quantitative estimate of drug-likeness (QED) is 0.859. The third kappa shape index (κ3) is 1.54. The van der Waals surface area contributed by atoms with E-state index in [9.17, 15) is 8.78 Å². The Labute approximate surface area is 98.8 Å². The zero-order valence-corrected chi connectivity index (χ0v) is 9.56. The summed E-state index contributed by atoms with van der Waals surface area (Å²) in [7, 11) is 0. The van der Waals surface area contributed by atoms with Gasteiger partial charge in [-0.1, -0.05) is 0 Å². The van der Waals surface area contributed by atoms with Gasteiger partial charge in [0.1, 0.15) is 17.4 Å². The average molecular weight is 239 g/mol. The number of hydrogen-bond acceptors (Lipinski definition) is 2. The molecule has 1 saturated carbocycles. The Morgan fingerprint density at radius 2 is 2.06 bits per heavy atom. The van der Waals surface area contributed by atoms with Crippen molar-refractivity contribution in [3.05, 3.63) is 28.8 Å². The second kappa shape index (κ2) is 3.67. The molecule has 0 atom stereocenters. The van der Waals surface area contributed by atoms with Gasteiger partial charge in [-0.2, -0.15) is 0 Å². The second-order valence-corrected chi connectivity index (χ2v) is 4.96. The maximum atomic E-state index is 14.0. The van der Waals surface area contributed by atoms with Gasteiger partial charge < -0.3 is 10.5 Å². The highest BCUT2D eigenvalue weighted by Gasteiger charge is 2.48. The Morgan fingerprint density at radius 1 is 1.29 bits per heavy atom. The van der Waals surface area contributed by atoms with Crippen LogP contribution in [0.25, 0.3) is 0 Å². The van der Waals surface area contributed by atoms with Gasteiger partial charge in [-0.05, 0) is 25.7 Å². The van der Waals surface area contributed by atoms with Gasteiger partial charge in [0.2, 0.25) is 0 Å². The molecule has 17 heavy (non-hydrogen) atoms. The lowest BCUT2D eigenvalue weighted by molar-refractivity contribution is 0.275. The zero-order chi connectivity index (χ0) is 12.0. The molecule has 1 fully saturated rings. The molecular weight excluding hydrogens is 224 g/mol. The predicted molar refractivity (Wildman–Crippen MR) is 60.1 cm³/mol. The second-order valence-electron chi connectivity index (χ2n) is 4.96. The fourth-order valence-electron chi connectivity index (χ4n) is 2.65. The summed E-state index contributed by atoms with van der Waals surface area (Å²) in [5, 5.41) is 0. The first-order valence-corrected chi connectivity index (χ1v) is 6.02. The highest BCUT2D eigenvalue weighted by Crippen LogP contribution is 2.53. The van der Waals surface area contributed by atoms with E-state index < -0.39 is 11.6 Å². The van der Waals surface area contributed by atoms with Gasteiger partial charge in [-0.15, -0.1) is 0 Å². The molecule has 0 saturated heterocycles. The fraction of sp³-hybridized carbons (Fsp3) is 0.538. The molecule has 0 aromatic heterocycles. The average Bonchev–Trinajstić information content (AvgIpc) is 3.10. The number of halogens is 2. The lowest BCUT2D eigenvalue weighted by atomic mass is 9.90. The molecule has 1 aliphatic heterocycles. The topological polar surface area (TPSA) is 35.2 Å². The minimum Gasteiger partial charge on any atom is -0.493 e. The largest absolute Gasteiger partial charge is 0.493 e. The Balaban J connectivity index is 2.20. The van der Waals surface area contributed by atoms with Gasteiger partial charge in [0.05, 0.1) is 6.61 Å². The molecule has 1 heterocycles. The summed E-state index contributed by atoms with van der Waals surface area (Å²) in [4.78, 5) is 0.